The van der Waals surface area contributed by atoms with Crippen LogP contribution in [0.15, 0.2) is 30.3 Å². The van der Waals surface area contributed by atoms with Gasteiger partial charge in [-0.15, -0.1) is 0 Å². The van der Waals surface area contributed by atoms with Gasteiger partial charge in [0.15, 0.2) is 0 Å². The Hall–Kier alpha value is -2.98. The molecule has 0 aromatic heterocycles. The minimum Gasteiger partial charge on any atom is -0.467 e. The van der Waals surface area contributed by atoms with Gasteiger partial charge in [0.1, 0.15) is 23.7 Å². The van der Waals surface area contributed by atoms with Crippen molar-refractivity contribution in [3.63, 3.8) is 0 Å². The summed E-state index contributed by atoms with van der Waals surface area (Å²) < 4.78 is 4.88. The molecule has 3 atom stereocenters. The zero-order valence-electron chi connectivity index (χ0n) is 22.5. The maximum atomic E-state index is 13.3. The van der Waals surface area contributed by atoms with E-state index in [9.17, 15) is 19.2 Å². The molecule has 2 rings (SSSR count). The molecule has 0 spiro atoms. The monoisotopic (exact) mass is 503 g/mol. The zero-order valence-corrected chi connectivity index (χ0v) is 22.5. The second kappa shape index (κ2) is 12.8. The molecule has 200 valence electrons. The fourth-order valence-electron chi connectivity index (χ4n) is 4.27. The number of nitrogens with one attached hydrogen (secondary N) is 2. The van der Waals surface area contributed by atoms with E-state index in [-0.39, 0.29) is 24.3 Å². The predicted molar refractivity (Wildman–Crippen MR) is 137 cm³/mol. The van der Waals surface area contributed by atoms with Crippen LogP contribution in [-0.4, -0.2) is 110 Å². The number of likely N-dealkylation sites (tertiary alicyclic amines) is 1. The molecular weight excluding hydrogens is 462 g/mol. The van der Waals surface area contributed by atoms with Gasteiger partial charge in [-0.3, -0.25) is 19.3 Å². The van der Waals surface area contributed by atoms with Crippen molar-refractivity contribution in [2.24, 2.45) is 0 Å². The van der Waals surface area contributed by atoms with Gasteiger partial charge >= 0.3 is 5.97 Å². The Morgan fingerprint density at radius 2 is 1.75 bits per heavy atom. The van der Waals surface area contributed by atoms with Crippen molar-refractivity contribution in [1.82, 2.24) is 25.3 Å². The smallest absolute Gasteiger partial charge is 0.328 e. The minimum absolute atomic E-state index is 0.109. The van der Waals surface area contributed by atoms with Crippen molar-refractivity contribution in [3.8, 4) is 0 Å². The SMILES string of the molecule is COC(=O)[C@H](Cc1ccccc1)NC(=O)C(C)(C)NC(=O)[C@H]1CCCN1C(=O)[C@H](CN(C)C)N(C)C. The lowest BCUT2D eigenvalue weighted by molar-refractivity contribution is -0.146. The van der Waals surface area contributed by atoms with E-state index < -0.39 is 29.5 Å². The maximum Gasteiger partial charge on any atom is 0.328 e. The highest BCUT2D eigenvalue weighted by Gasteiger charge is 2.41. The van der Waals surface area contributed by atoms with Gasteiger partial charge in [-0.2, -0.15) is 0 Å². The molecule has 1 fully saturated rings. The molecule has 1 aromatic carbocycles. The van der Waals surface area contributed by atoms with Crippen LogP contribution in [0.4, 0.5) is 0 Å². The summed E-state index contributed by atoms with van der Waals surface area (Å²) in [6, 6.07) is 7.34. The summed E-state index contributed by atoms with van der Waals surface area (Å²) in [5.74, 6) is -1.59. The first kappa shape index (κ1) is 29.3. The van der Waals surface area contributed by atoms with E-state index in [1.807, 2.05) is 68.3 Å². The number of carbonyl (C=O) groups is 4. The first-order valence-corrected chi connectivity index (χ1v) is 12.2. The van der Waals surface area contributed by atoms with E-state index in [2.05, 4.69) is 10.6 Å². The Labute approximate surface area is 214 Å². The lowest BCUT2D eigenvalue weighted by Gasteiger charge is -2.34. The maximum absolute atomic E-state index is 13.3. The van der Waals surface area contributed by atoms with Crippen molar-refractivity contribution in [2.45, 2.75) is 56.8 Å². The summed E-state index contributed by atoms with van der Waals surface area (Å²) >= 11 is 0. The average Bonchev–Trinajstić information content (AvgIpc) is 3.31. The number of methoxy groups -OCH3 is 1. The highest BCUT2D eigenvalue weighted by atomic mass is 16.5. The summed E-state index contributed by atoms with van der Waals surface area (Å²) in [6.45, 7) is 4.17. The standard InChI is InChI=1S/C26H41N5O5/c1-26(2,25(35)27-19(24(34)36-7)16-18-12-9-8-10-13-18)28-22(32)20-14-11-15-31(20)23(33)21(30(5)6)17-29(3)4/h8-10,12-13,19-21H,11,14-17H2,1-7H3,(H,27,35)(H,28,32)/t19-,20+,21-/m0/s1. The van der Waals surface area contributed by atoms with Crippen LogP contribution in [-0.2, 0) is 30.3 Å². The Balaban J connectivity index is 2.10. The second-order valence-electron chi connectivity index (χ2n) is 10.3. The molecule has 1 heterocycles. The number of amides is 3. The van der Waals surface area contributed by atoms with Gasteiger partial charge in [-0.1, -0.05) is 30.3 Å². The molecule has 1 aliphatic heterocycles. The van der Waals surface area contributed by atoms with Gasteiger partial charge in [0, 0.05) is 19.5 Å². The molecule has 0 bridgehead atoms. The lowest BCUT2D eigenvalue weighted by Crippen LogP contribution is -2.62. The van der Waals surface area contributed by atoms with Gasteiger partial charge in [0.2, 0.25) is 17.7 Å². The highest BCUT2D eigenvalue weighted by molar-refractivity contribution is 5.96. The van der Waals surface area contributed by atoms with Gasteiger partial charge < -0.3 is 25.2 Å². The molecule has 1 aliphatic rings. The van der Waals surface area contributed by atoms with E-state index in [1.54, 1.807) is 18.7 Å². The first-order chi connectivity index (χ1) is 16.9. The Morgan fingerprint density at radius 1 is 1.11 bits per heavy atom. The molecule has 2 N–H and O–H groups in total. The third-order valence-corrected chi connectivity index (χ3v) is 6.36. The van der Waals surface area contributed by atoms with Crippen LogP contribution in [0.2, 0.25) is 0 Å². The number of rotatable bonds is 11. The third kappa shape index (κ3) is 7.76. The molecule has 1 saturated heterocycles. The van der Waals surface area contributed by atoms with Crippen molar-refractivity contribution < 1.29 is 23.9 Å². The molecule has 1 aromatic rings. The molecule has 0 unspecified atom stereocenters. The molecule has 0 saturated carbocycles. The van der Waals surface area contributed by atoms with Crippen molar-refractivity contribution >= 4 is 23.7 Å². The van der Waals surface area contributed by atoms with Crippen molar-refractivity contribution in [1.29, 1.82) is 0 Å². The van der Waals surface area contributed by atoms with E-state index in [0.717, 1.165) is 5.56 Å². The van der Waals surface area contributed by atoms with Gasteiger partial charge in [-0.05, 0) is 60.4 Å². The number of ether oxygens (including phenoxy) is 1. The fourth-order valence-corrected chi connectivity index (χ4v) is 4.27. The number of hydrogen-bond acceptors (Lipinski definition) is 7. The quantitative estimate of drug-likeness (QED) is 0.417. The summed E-state index contributed by atoms with van der Waals surface area (Å²) in [5, 5.41) is 5.52. The Bertz CT molecular complexity index is 919. The van der Waals surface area contributed by atoms with Crippen LogP contribution < -0.4 is 10.6 Å². The van der Waals surface area contributed by atoms with E-state index >= 15 is 0 Å². The molecule has 36 heavy (non-hydrogen) atoms. The van der Waals surface area contributed by atoms with Crippen LogP contribution in [0.25, 0.3) is 0 Å². The van der Waals surface area contributed by atoms with Crippen molar-refractivity contribution in [3.05, 3.63) is 35.9 Å². The number of esters is 1. The molecule has 0 radical (unpaired) electrons. The lowest BCUT2D eigenvalue weighted by atomic mass is 10.0. The summed E-state index contributed by atoms with van der Waals surface area (Å²) in [7, 11) is 8.76. The summed E-state index contributed by atoms with van der Waals surface area (Å²) in [4.78, 5) is 57.5. The number of hydrogen-bond donors (Lipinski definition) is 2. The van der Waals surface area contributed by atoms with Crippen LogP contribution in [0.1, 0.15) is 32.3 Å². The summed E-state index contributed by atoms with van der Waals surface area (Å²) in [5.41, 5.74) is -0.453. The van der Waals surface area contributed by atoms with Gasteiger partial charge in [-0.25, -0.2) is 4.79 Å². The predicted octanol–water partition coefficient (Wildman–Crippen LogP) is 0.265. The number of carbonyl (C=O) groups excluding carboxylic acids is 4. The number of benzene rings is 1. The molecule has 10 nitrogen and oxygen atoms in total. The van der Waals surface area contributed by atoms with Gasteiger partial charge in [0.25, 0.3) is 0 Å². The largest absolute Gasteiger partial charge is 0.467 e. The highest BCUT2D eigenvalue weighted by Crippen LogP contribution is 2.21. The van der Waals surface area contributed by atoms with Crippen LogP contribution in [0, 0.1) is 0 Å². The van der Waals surface area contributed by atoms with Crippen LogP contribution >= 0.6 is 0 Å². The van der Waals surface area contributed by atoms with Crippen LogP contribution in [0.5, 0.6) is 0 Å². The molecule has 0 aliphatic carbocycles. The van der Waals surface area contributed by atoms with E-state index in [0.29, 0.717) is 25.9 Å². The first-order valence-electron chi connectivity index (χ1n) is 12.2. The number of likely N-dealkylation sites (N-methyl/N-ethyl adjacent to an activating group) is 2. The minimum atomic E-state index is -1.32. The van der Waals surface area contributed by atoms with Gasteiger partial charge in [0.05, 0.1) is 7.11 Å². The average molecular weight is 504 g/mol. The second-order valence-corrected chi connectivity index (χ2v) is 10.3. The van der Waals surface area contributed by atoms with E-state index in [4.69, 9.17) is 4.74 Å². The third-order valence-electron chi connectivity index (χ3n) is 6.36. The fraction of sp³-hybridized carbons (Fsp3) is 0.615. The van der Waals surface area contributed by atoms with Crippen molar-refractivity contribution in [2.75, 3.05) is 48.4 Å². The normalized spacial score (nSPS) is 17.6. The molecule has 3 amide bonds. The topological polar surface area (TPSA) is 111 Å². The number of nitrogens with zero attached hydrogens (tertiary/aromatic N) is 3. The van der Waals surface area contributed by atoms with Crippen LogP contribution in [0.3, 0.4) is 0 Å². The van der Waals surface area contributed by atoms with E-state index in [1.165, 1.54) is 7.11 Å². The molecular formula is C26H41N5O5. The Kier molecular flexibility index (Phi) is 10.4. The molecule has 10 heteroatoms. The zero-order chi connectivity index (χ0) is 27.0. The Morgan fingerprint density at radius 3 is 2.31 bits per heavy atom. The summed E-state index contributed by atoms with van der Waals surface area (Å²) in [6.07, 6.45) is 1.49.